The molecule has 0 aromatic heterocycles. The molecule has 1 aliphatic heterocycles. The van der Waals surface area contributed by atoms with E-state index in [0.717, 1.165) is 29.7 Å². The summed E-state index contributed by atoms with van der Waals surface area (Å²) in [6.07, 6.45) is 0.919. The minimum Gasteiger partial charge on any atom is -0.490 e. The lowest BCUT2D eigenvalue weighted by Crippen LogP contribution is -2.37. The molecule has 0 aliphatic carbocycles. The van der Waals surface area contributed by atoms with Crippen molar-refractivity contribution in [3.05, 3.63) is 52.5 Å². The third kappa shape index (κ3) is 4.75. The topological polar surface area (TPSA) is 50.8 Å². The van der Waals surface area contributed by atoms with Crippen LogP contribution >= 0.6 is 15.9 Å². The maximum atomic E-state index is 12.7. The van der Waals surface area contributed by atoms with E-state index in [9.17, 15) is 4.79 Å². The number of benzene rings is 2. The van der Waals surface area contributed by atoms with Crippen LogP contribution in [-0.2, 0) is 0 Å². The fourth-order valence-corrected chi connectivity index (χ4v) is 3.80. The first-order valence-electron chi connectivity index (χ1n) is 9.32. The van der Waals surface area contributed by atoms with Gasteiger partial charge in [0.15, 0.2) is 11.5 Å². The van der Waals surface area contributed by atoms with E-state index in [2.05, 4.69) is 32.2 Å². The van der Waals surface area contributed by atoms with E-state index >= 15 is 0 Å². The lowest BCUT2D eigenvalue weighted by molar-refractivity contribution is 0.0940. The van der Waals surface area contributed by atoms with Gasteiger partial charge in [-0.25, -0.2) is 0 Å². The summed E-state index contributed by atoms with van der Waals surface area (Å²) in [5.41, 5.74) is 1.75. The molecule has 0 bridgehead atoms. The minimum absolute atomic E-state index is 0.0852. The summed E-state index contributed by atoms with van der Waals surface area (Å²) < 4.78 is 12.3. The third-order valence-electron chi connectivity index (χ3n) is 4.52. The fraction of sp³-hybridized carbons (Fsp3) is 0.381. The Bertz CT molecular complexity index is 797. The number of nitrogens with zero attached hydrogens (tertiary/aromatic N) is 1. The molecule has 1 unspecified atom stereocenters. The summed E-state index contributed by atoms with van der Waals surface area (Å²) >= 11 is 3.60. The van der Waals surface area contributed by atoms with Crippen molar-refractivity contribution in [1.29, 1.82) is 0 Å². The molecular formula is C21H25BrN2O3. The molecule has 1 heterocycles. The van der Waals surface area contributed by atoms with Gasteiger partial charge < -0.3 is 19.7 Å². The third-order valence-corrected chi connectivity index (χ3v) is 5.19. The molecule has 5 nitrogen and oxygen atoms in total. The summed E-state index contributed by atoms with van der Waals surface area (Å²) in [4.78, 5) is 15.0. The molecule has 27 heavy (non-hydrogen) atoms. The van der Waals surface area contributed by atoms with Crippen LogP contribution in [0.1, 0.15) is 30.6 Å². The molecule has 2 aromatic rings. The van der Waals surface area contributed by atoms with Crippen LogP contribution in [0.3, 0.4) is 0 Å². The summed E-state index contributed by atoms with van der Waals surface area (Å²) in [6.45, 7) is 6.63. The maximum absolute atomic E-state index is 12.7. The first-order valence-corrected chi connectivity index (χ1v) is 10.1. The van der Waals surface area contributed by atoms with E-state index in [1.54, 1.807) is 18.2 Å². The SMILES string of the molecule is CCOc1ccc(C(=O)NC2CCN(c3ccccc3Br)C2)cc1OCC. The Morgan fingerprint density at radius 3 is 2.63 bits per heavy atom. The number of carbonyl (C=O) groups is 1. The van der Waals surface area contributed by atoms with Gasteiger partial charge in [0.25, 0.3) is 5.91 Å². The van der Waals surface area contributed by atoms with Crippen molar-refractivity contribution in [2.75, 3.05) is 31.2 Å². The number of halogens is 1. The normalized spacial score (nSPS) is 16.3. The van der Waals surface area contributed by atoms with Crippen molar-refractivity contribution in [3.8, 4) is 11.5 Å². The molecule has 1 N–H and O–H groups in total. The molecule has 0 spiro atoms. The molecule has 3 rings (SSSR count). The number of rotatable bonds is 7. The molecular weight excluding hydrogens is 408 g/mol. The highest BCUT2D eigenvalue weighted by atomic mass is 79.9. The second-order valence-electron chi connectivity index (χ2n) is 6.38. The van der Waals surface area contributed by atoms with Crippen LogP contribution in [-0.4, -0.2) is 38.3 Å². The van der Waals surface area contributed by atoms with Gasteiger partial charge in [0.1, 0.15) is 0 Å². The second-order valence-corrected chi connectivity index (χ2v) is 7.24. The summed E-state index contributed by atoms with van der Waals surface area (Å²) in [5.74, 6) is 1.18. The molecule has 2 aromatic carbocycles. The number of hydrogen-bond donors (Lipinski definition) is 1. The van der Waals surface area contributed by atoms with E-state index in [1.807, 2.05) is 32.0 Å². The Labute approximate surface area is 168 Å². The van der Waals surface area contributed by atoms with E-state index in [1.165, 1.54) is 0 Å². The van der Waals surface area contributed by atoms with Gasteiger partial charge in [0.2, 0.25) is 0 Å². The molecule has 144 valence electrons. The Kier molecular flexibility index (Phi) is 6.61. The molecule has 1 saturated heterocycles. The monoisotopic (exact) mass is 432 g/mol. The smallest absolute Gasteiger partial charge is 0.251 e. The number of amides is 1. The van der Waals surface area contributed by atoms with E-state index in [-0.39, 0.29) is 11.9 Å². The lowest BCUT2D eigenvalue weighted by Gasteiger charge is -2.20. The zero-order valence-corrected chi connectivity index (χ0v) is 17.3. The Balaban J connectivity index is 1.65. The number of nitrogens with one attached hydrogen (secondary N) is 1. The van der Waals surface area contributed by atoms with Crippen LogP contribution in [0.4, 0.5) is 5.69 Å². The zero-order chi connectivity index (χ0) is 19.2. The first kappa shape index (κ1) is 19.5. The first-order chi connectivity index (χ1) is 13.1. The van der Waals surface area contributed by atoms with Gasteiger partial charge in [-0.2, -0.15) is 0 Å². The highest BCUT2D eigenvalue weighted by molar-refractivity contribution is 9.10. The van der Waals surface area contributed by atoms with E-state index < -0.39 is 0 Å². The summed E-state index contributed by atoms with van der Waals surface area (Å²) in [7, 11) is 0. The van der Waals surface area contributed by atoms with Gasteiger partial charge in [-0.1, -0.05) is 12.1 Å². The molecule has 6 heteroatoms. The van der Waals surface area contributed by atoms with Crippen LogP contribution in [0.15, 0.2) is 46.9 Å². The fourth-order valence-electron chi connectivity index (χ4n) is 3.27. The Morgan fingerprint density at radius 2 is 1.89 bits per heavy atom. The lowest BCUT2D eigenvalue weighted by atomic mass is 10.1. The van der Waals surface area contributed by atoms with Gasteiger partial charge in [0.05, 0.1) is 18.9 Å². The van der Waals surface area contributed by atoms with Crippen molar-refractivity contribution in [1.82, 2.24) is 5.32 Å². The second kappa shape index (κ2) is 9.13. The van der Waals surface area contributed by atoms with E-state index in [0.29, 0.717) is 30.3 Å². The molecule has 1 atom stereocenters. The molecule has 0 radical (unpaired) electrons. The average molecular weight is 433 g/mol. The van der Waals surface area contributed by atoms with Crippen LogP contribution in [0.5, 0.6) is 11.5 Å². The molecule has 1 fully saturated rings. The van der Waals surface area contributed by atoms with Crippen LogP contribution < -0.4 is 19.7 Å². The Hall–Kier alpha value is -2.21. The zero-order valence-electron chi connectivity index (χ0n) is 15.7. The predicted molar refractivity (Wildman–Crippen MR) is 111 cm³/mol. The predicted octanol–water partition coefficient (Wildman–Crippen LogP) is 4.26. The molecule has 1 aliphatic rings. The molecule has 1 amide bonds. The molecule has 0 saturated carbocycles. The van der Waals surface area contributed by atoms with Gasteiger partial charge in [0, 0.05) is 29.2 Å². The van der Waals surface area contributed by atoms with Crippen molar-refractivity contribution in [2.24, 2.45) is 0 Å². The van der Waals surface area contributed by atoms with Crippen LogP contribution in [0, 0.1) is 0 Å². The quantitative estimate of drug-likeness (QED) is 0.709. The largest absolute Gasteiger partial charge is 0.490 e. The highest BCUT2D eigenvalue weighted by Crippen LogP contribution is 2.30. The Morgan fingerprint density at radius 1 is 1.15 bits per heavy atom. The van der Waals surface area contributed by atoms with Crippen molar-refractivity contribution in [3.63, 3.8) is 0 Å². The van der Waals surface area contributed by atoms with Crippen LogP contribution in [0.25, 0.3) is 0 Å². The van der Waals surface area contributed by atoms with Crippen molar-refractivity contribution < 1.29 is 14.3 Å². The number of carbonyl (C=O) groups excluding carboxylic acids is 1. The maximum Gasteiger partial charge on any atom is 0.251 e. The van der Waals surface area contributed by atoms with Crippen molar-refractivity contribution >= 4 is 27.5 Å². The summed E-state index contributed by atoms with van der Waals surface area (Å²) in [5, 5.41) is 3.14. The van der Waals surface area contributed by atoms with Gasteiger partial charge in [-0.3, -0.25) is 4.79 Å². The number of hydrogen-bond acceptors (Lipinski definition) is 4. The van der Waals surface area contributed by atoms with Crippen LogP contribution in [0.2, 0.25) is 0 Å². The van der Waals surface area contributed by atoms with E-state index in [4.69, 9.17) is 9.47 Å². The average Bonchev–Trinajstić information content (AvgIpc) is 3.12. The van der Waals surface area contributed by atoms with Gasteiger partial charge in [-0.05, 0) is 66.5 Å². The van der Waals surface area contributed by atoms with Gasteiger partial charge in [-0.15, -0.1) is 0 Å². The van der Waals surface area contributed by atoms with Gasteiger partial charge >= 0.3 is 0 Å². The minimum atomic E-state index is -0.0852. The number of anilines is 1. The van der Waals surface area contributed by atoms with Crippen molar-refractivity contribution in [2.45, 2.75) is 26.3 Å². The standard InChI is InChI=1S/C21H25BrN2O3/c1-3-26-19-10-9-15(13-20(19)27-4-2)21(25)23-16-11-12-24(14-16)18-8-6-5-7-17(18)22/h5-10,13,16H,3-4,11-12,14H2,1-2H3,(H,23,25). The highest BCUT2D eigenvalue weighted by Gasteiger charge is 2.25. The number of ether oxygens (including phenoxy) is 2. The summed E-state index contributed by atoms with van der Waals surface area (Å²) in [6, 6.07) is 13.6. The number of para-hydroxylation sites is 1.